The fraction of sp³-hybridized carbons (Fsp3) is 0.625. The van der Waals surface area contributed by atoms with Crippen molar-refractivity contribution in [3.63, 3.8) is 0 Å². The number of amides is 1. The van der Waals surface area contributed by atoms with Crippen LogP contribution >= 0.6 is 0 Å². The van der Waals surface area contributed by atoms with Crippen LogP contribution in [-0.4, -0.2) is 45.6 Å². The van der Waals surface area contributed by atoms with E-state index < -0.39 is 0 Å². The smallest absolute Gasteiger partial charge is 0.237 e. The van der Waals surface area contributed by atoms with E-state index in [1.807, 2.05) is 44.7 Å². The zero-order valence-electron chi connectivity index (χ0n) is 13.5. The summed E-state index contributed by atoms with van der Waals surface area (Å²) in [5.41, 5.74) is 0.810. The molecule has 1 unspecified atom stereocenters. The molecule has 1 amide bonds. The Kier molecular flexibility index (Phi) is 6.78. The highest BCUT2D eigenvalue weighted by molar-refractivity contribution is 5.82. The lowest BCUT2D eigenvalue weighted by atomic mass is 10.0. The van der Waals surface area contributed by atoms with Crippen LogP contribution in [0.5, 0.6) is 0 Å². The van der Waals surface area contributed by atoms with E-state index >= 15 is 0 Å². The first kappa shape index (κ1) is 17.6. The van der Waals surface area contributed by atoms with Gasteiger partial charge in [-0.3, -0.25) is 14.7 Å². The molecule has 5 heteroatoms. The predicted molar refractivity (Wildman–Crippen MR) is 83.7 cm³/mol. The standard InChI is InChI=1S/C16H27N3O2/c1-5-16(3,4)18-15(21)13(2)19(9-10-20)12-14-7-6-8-17-11-14/h6-8,11,13,20H,5,9-10,12H2,1-4H3,(H,18,21). The summed E-state index contributed by atoms with van der Waals surface area (Å²) < 4.78 is 0. The highest BCUT2D eigenvalue weighted by Crippen LogP contribution is 2.11. The Morgan fingerprint density at radius 3 is 2.76 bits per heavy atom. The Balaban J connectivity index is 2.73. The third-order valence-electron chi connectivity index (χ3n) is 3.77. The molecule has 0 saturated carbocycles. The highest BCUT2D eigenvalue weighted by Gasteiger charge is 2.25. The van der Waals surface area contributed by atoms with Crippen molar-refractivity contribution in [2.75, 3.05) is 13.2 Å². The summed E-state index contributed by atoms with van der Waals surface area (Å²) in [5.74, 6) is -0.0146. The number of carbonyl (C=O) groups excluding carboxylic acids is 1. The quantitative estimate of drug-likeness (QED) is 0.763. The van der Waals surface area contributed by atoms with Crippen LogP contribution in [-0.2, 0) is 11.3 Å². The molecule has 0 aliphatic heterocycles. The molecule has 0 fully saturated rings. The molecule has 1 atom stereocenters. The van der Waals surface area contributed by atoms with E-state index in [0.717, 1.165) is 12.0 Å². The van der Waals surface area contributed by atoms with Crippen LogP contribution in [0.3, 0.4) is 0 Å². The van der Waals surface area contributed by atoms with Gasteiger partial charge in [0, 0.05) is 31.0 Å². The van der Waals surface area contributed by atoms with Crippen LogP contribution in [0.4, 0.5) is 0 Å². The summed E-state index contributed by atoms with van der Waals surface area (Å²) in [6, 6.07) is 3.54. The van der Waals surface area contributed by atoms with Gasteiger partial charge in [0.25, 0.3) is 0 Å². The zero-order valence-corrected chi connectivity index (χ0v) is 13.5. The van der Waals surface area contributed by atoms with Gasteiger partial charge in [-0.25, -0.2) is 0 Å². The second kappa shape index (κ2) is 8.10. The Hall–Kier alpha value is -1.46. The van der Waals surface area contributed by atoms with Crippen LogP contribution in [0.2, 0.25) is 0 Å². The SMILES string of the molecule is CCC(C)(C)NC(=O)C(C)N(CCO)Cc1cccnc1. The largest absolute Gasteiger partial charge is 0.395 e. The predicted octanol–water partition coefficient (Wildman–Crippen LogP) is 1.57. The summed E-state index contributed by atoms with van der Waals surface area (Å²) in [6.07, 6.45) is 4.37. The lowest BCUT2D eigenvalue weighted by molar-refractivity contribution is -0.128. The van der Waals surface area contributed by atoms with E-state index in [1.54, 1.807) is 12.4 Å². The number of aliphatic hydroxyl groups excluding tert-OH is 1. The van der Waals surface area contributed by atoms with E-state index in [4.69, 9.17) is 0 Å². The molecule has 0 aliphatic rings. The topological polar surface area (TPSA) is 65.5 Å². The molecule has 0 saturated heterocycles. The molecular formula is C16H27N3O2. The Labute approximate surface area is 127 Å². The molecular weight excluding hydrogens is 266 g/mol. The van der Waals surface area contributed by atoms with Gasteiger partial charge in [-0.1, -0.05) is 13.0 Å². The summed E-state index contributed by atoms with van der Waals surface area (Å²) in [4.78, 5) is 18.4. The fourth-order valence-corrected chi connectivity index (χ4v) is 1.96. The minimum atomic E-state index is -0.303. The molecule has 1 rings (SSSR count). The van der Waals surface area contributed by atoms with E-state index in [2.05, 4.69) is 10.3 Å². The molecule has 5 nitrogen and oxygen atoms in total. The zero-order chi connectivity index (χ0) is 15.9. The van der Waals surface area contributed by atoms with Crippen molar-refractivity contribution < 1.29 is 9.90 Å². The molecule has 1 heterocycles. The van der Waals surface area contributed by atoms with E-state index in [-0.39, 0.29) is 24.1 Å². The van der Waals surface area contributed by atoms with Gasteiger partial charge in [0.1, 0.15) is 0 Å². The highest BCUT2D eigenvalue weighted by atomic mass is 16.3. The molecule has 0 bridgehead atoms. The van der Waals surface area contributed by atoms with Gasteiger partial charge in [0.05, 0.1) is 12.6 Å². The minimum Gasteiger partial charge on any atom is -0.395 e. The lowest BCUT2D eigenvalue weighted by Crippen LogP contribution is -2.52. The summed E-state index contributed by atoms with van der Waals surface area (Å²) in [6.45, 7) is 9.00. The molecule has 2 N–H and O–H groups in total. The van der Waals surface area contributed by atoms with Crippen LogP contribution in [0, 0.1) is 0 Å². The number of nitrogens with zero attached hydrogens (tertiary/aromatic N) is 2. The monoisotopic (exact) mass is 293 g/mol. The number of rotatable bonds is 8. The van der Waals surface area contributed by atoms with Crippen molar-refractivity contribution in [3.05, 3.63) is 30.1 Å². The lowest BCUT2D eigenvalue weighted by Gasteiger charge is -2.32. The Morgan fingerprint density at radius 2 is 2.24 bits per heavy atom. The second-order valence-electron chi connectivity index (χ2n) is 5.96. The number of pyridine rings is 1. The van der Waals surface area contributed by atoms with Gasteiger partial charge >= 0.3 is 0 Å². The molecule has 118 valence electrons. The van der Waals surface area contributed by atoms with Crippen molar-refractivity contribution in [3.8, 4) is 0 Å². The third kappa shape index (κ3) is 5.81. The molecule has 1 aromatic heterocycles. The first-order valence-corrected chi connectivity index (χ1v) is 7.45. The molecule has 1 aromatic rings. The average Bonchev–Trinajstić information content (AvgIpc) is 2.46. The number of carbonyl (C=O) groups is 1. The Bertz CT molecular complexity index is 434. The normalized spacial score (nSPS) is 13.2. The maximum Gasteiger partial charge on any atom is 0.237 e. The van der Waals surface area contributed by atoms with Crippen LogP contribution in [0.15, 0.2) is 24.5 Å². The fourth-order valence-electron chi connectivity index (χ4n) is 1.96. The van der Waals surface area contributed by atoms with E-state index in [0.29, 0.717) is 13.1 Å². The maximum atomic E-state index is 12.4. The second-order valence-corrected chi connectivity index (χ2v) is 5.96. The van der Waals surface area contributed by atoms with Crippen molar-refractivity contribution >= 4 is 5.91 Å². The number of hydrogen-bond donors (Lipinski definition) is 2. The van der Waals surface area contributed by atoms with Gasteiger partial charge in [-0.15, -0.1) is 0 Å². The summed E-state index contributed by atoms with van der Waals surface area (Å²) in [7, 11) is 0. The average molecular weight is 293 g/mol. The molecule has 21 heavy (non-hydrogen) atoms. The van der Waals surface area contributed by atoms with Crippen LogP contribution < -0.4 is 5.32 Å². The minimum absolute atomic E-state index is 0.0146. The molecule has 0 aromatic carbocycles. The van der Waals surface area contributed by atoms with E-state index in [1.165, 1.54) is 0 Å². The van der Waals surface area contributed by atoms with Gasteiger partial charge in [0.15, 0.2) is 0 Å². The number of aliphatic hydroxyl groups is 1. The van der Waals surface area contributed by atoms with Crippen molar-refractivity contribution in [1.29, 1.82) is 0 Å². The van der Waals surface area contributed by atoms with Crippen molar-refractivity contribution in [2.24, 2.45) is 0 Å². The third-order valence-corrected chi connectivity index (χ3v) is 3.77. The molecule has 0 aliphatic carbocycles. The number of hydrogen-bond acceptors (Lipinski definition) is 4. The number of aromatic nitrogens is 1. The summed E-state index contributed by atoms with van der Waals surface area (Å²) >= 11 is 0. The first-order valence-electron chi connectivity index (χ1n) is 7.45. The molecule has 0 spiro atoms. The van der Waals surface area contributed by atoms with E-state index in [9.17, 15) is 9.90 Å². The number of nitrogens with one attached hydrogen (secondary N) is 1. The van der Waals surface area contributed by atoms with Crippen molar-refractivity contribution in [1.82, 2.24) is 15.2 Å². The van der Waals surface area contributed by atoms with Crippen LogP contribution in [0.1, 0.15) is 39.7 Å². The summed E-state index contributed by atoms with van der Waals surface area (Å²) in [5, 5.41) is 12.3. The van der Waals surface area contributed by atoms with Gasteiger partial charge in [-0.05, 0) is 38.8 Å². The van der Waals surface area contributed by atoms with Crippen molar-refractivity contribution in [2.45, 2.75) is 52.2 Å². The van der Waals surface area contributed by atoms with Gasteiger partial charge in [0.2, 0.25) is 5.91 Å². The van der Waals surface area contributed by atoms with Gasteiger partial charge < -0.3 is 10.4 Å². The van der Waals surface area contributed by atoms with Crippen LogP contribution in [0.25, 0.3) is 0 Å². The maximum absolute atomic E-state index is 12.4. The van der Waals surface area contributed by atoms with Gasteiger partial charge in [-0.2, -0.15) is 0 Å². The molecule has 0 radical (unpaired) electrons. The Morgan fingerprint density at radius 1 is 1.52 bits per heavy atom. The first-order chi connectivity index (χ1) is 9.89.